The number of thioether (sulfide) groups is 1. The van der Waals surface area contributed by atoms with E-state index >= 15 is 0 Å². The van der Waals surface area contributed by atoms with Gasteiger partial charge in [0.2, 0.25) is 0 Å². The SMILES string of the molecule is CCNC1c2cc(OC)ccc2CC1Sc1ccoc1C. The first-order chi connectivity index (χ1) is 10.2. The van der Waals surface area contributed by atoms with E-state index in [-0.39, 0.29) is 0 Å². The highest BCUT2D eigenvalue weighted by atomic mass is 32.2. The molecular weight excluding hydrogens is 282 g/mol. The number of benzene rings is 1. The van der Waals surface area contributed by atoms with E-state index in [0.717, 1.165) is 24.5 Å². The van der Waals surface area contributed by atoms with Gasteiger partial charge in [-0.2, -0.15) is 0 Å². The average molecular weight is 303 g/mol. The average Bonchev–Trinajstić information content (AvgIpc) is 3.04. The first kappa shape index (κ1) is 14.5. The van der Waals surface area contributed by atoms with Gasteiger partial charge in [0.15, 0.2) is 0 Å². The molecule has 0 radical (unpaired) electrons. The second-order valence-electron chi connectivity index (χ2n) is 5.30. The lowest BCUT2D eigenvalue weighted by Gasteiger charge is -2.21. The summed E-state index contributed by atoms with van der Waals surface area (Å²) in [6.45, 7) is 5.14. The minimum atomic E-state index is 0.361. The second kappa shape index (κ2) is 6.16. The summed E-state index contributed by atoms with van der Waals surface area (Å²) >= 11 is 1.91. The molecule has 0 bridgehead atoms. The lowest BCUT2D eigenvalue weighted by molar-refractivity contribution is 0.413. The standard InChI is InChI=1S/C17H21NO2S/c1-4-18-17-14-10-13(19-3)6-5-12(14)9-16(17)21-15-7-8-20-11(15)2/h5-8,10,16-18H,4,9H2,1-3H3. The molecule has 2 aromatic rings. The maximum atomic E-state index is 5.42. The zero-order valence-corrected chi connectivity index (χ0v) is 13.5. The summed E-state index contributed by atoms with van der Waals surface area (Å²) in [4.78, 5) is 1.24. The molecule has 4 heteroatoms. The minimum Gasteiger partial charge on any atom is -0.497 e. The fraction of sp³-hybridized carbons (Fsp3) is 0.412. The quantitative estimate of drug-likeness (QED) is 0.906. The van der Waals surface area contributed by atoms with E-state index in [2.05, 4.69) is 36.5 Å². The van der Waals surface area contributed by atoms with Crippen LogP contribution in [0.25, 0.3) is 0 Å². The van der Waals surface area contributed by atoms with Crippen molar-refractivity contribution in [2.24, 2.45) is 0 Å². The zero-order chi connectivity index (χ0) is 14.8. The molecule has 2 unspecified atom stereocenters. The number of rotatable bonds is 5. The number of nitrogens with one attached hydrogen (secondary N) is 1. The van der Waals surface area contributed by atoms with Crippen molar-refractivity contribution in [3.05, 3.63) is 47.4 Å². The van der Waals surface area contributed by atoms with Crippen LogP contribution in [-0.4, -0.2) is 18.9 Å². The molecule has 1 aromatic heterocycles. The van der Waals surface area contributed by atoms with E-state index in [1.165, 1.54) is 16.0 Å². The maximum Gasteiger partial charge on any atom is 0.119 e. The Morgan fingerprint density at radius 2 is 2.24 bits per heavy atom. The van der Waals surface area contributed by atoms with Crippen molar-refractivity contribution in [1.29, 1.82) is 0 Å². The van der Waals surface area contributed by atoms with Gasteiger partial charge in [0.1, 0.15) is 11.5 Å². The van der Waals surface area contributed by atoms with Crippen LogP contribution in [0.4, 0.5) is 0 Å². The molecule has 1 aliphatic rings. The molecule has 1 aromatic carbocycles. The molecule has 0 saturated heterocycles. The predicted molar refractivity (Wildman–Crippen MR) is 86.2 cm³/mol. The molecule has 0 aliphatic heterocycles. The van der Waals surface area contributed by atoms with Crippen molar-refractivity contribution >= 4 is 11.8 Å². The molecule has 3 rings (SSSR count). The Morgan fingerprint density at radius 1 is 1.38 bits per heavy atom. The number of hydrogen-bond acceptors (Lipinski definition) is 4. The lowest BCUT2D eigenvalue weighted by Crippen LogP contribution is -2.26. The third-order valence-corrected chi connectivity index (χ3v) is 5.41. The largest absolute Gasteiger partial charge is 0.497 e. The Morgan fingerprint density at radius 3 is 2.90 bits per heavy atom. The van der Waals surface area contributed by atoms with Gasteiger partial charge in [-0.25, -0.2) is 0 Å². The van der Waals surface area contributed by atoms with Crippen LogP contribution in [0.3, 0.4) is 0 Å². The number of ether oxygens (including phenoxy) is 1. The first-order valence-electron chi connectivity index (χ1n) is 7.34. The van der Waals surface area contributed by atoms with Crippen LogP contribution >= 0.6 is 11.8 Å². The lowest BCUT2D eigenvalue weighted by atomic mass is 10.1. The third-order valence-electron chi connectivity index (χ3n) is 3.99. The molecule has 21 heavy (non-hydrogen) atoms. The summed E-state index contributed by atoms with van der Waals surface area (Å²) in [5.74, 6) is 1.94. The topological polar surface area (TPSA) is 34.4 Å². The Balaban J connectivity index is 1.87. The van der Waals surface area contributed by atoms with E-state index in [1.54, 1.807) is 13.4 Å². The molecular formula is C17H21NO2S. The number of aryl methyl sites for hydroxylation is 1. The monoisotopic (exact) mass is 303 g/mol. The molecule has 0 fully saturated rings. The number of fused-ring (bicyclic) bond motifs is 1. The number of methoxy groups -OCH3 is 1. The first-order valence-corrected chi connectivity index (χ1v) is 8.21. The molecule has 0 amide bonds. The molecule has 112 valence electrons. The Kier molecular flexibility index (Phi) is 4.27. The third kappa shape index (κ3) is 2.83. The van der Waals surface area contributed by atoms with E-state index in [4.69, 9.17) is 9.15 Å². The van der Waals surface area contributed by atoms with Gasteiger partial charge in [-0.1, -0.05) is 13.0 Å². The van der Waals surface area contributed by atoms with Gasteiger partial charge in [0, 0.05) is 16.2 Å². The fourth-order valence-electron chi connectivity index (χ4n) is 2.94. The van der Waals surface area contributed by atoms with E-state index in [1.807, 2.05) is 18.7 Å². The van der Waals surface area contributed by atoms with Crippen molar-refractivity contribution in [3.63, 3.8) is 0 Å². The summed E-state index contributed by atoms with van der Waals surface area (Å²) < 4.78 is 10.8. The van der Waals surface area contributed by atoms with Crippen LogP contribution in [0, 0.1) is 6.92 Å². The highest BCUT2D eigenvalue weighted by Crippen LogP contribution is 2.43. The highest BCUT2D eigenvalue weighted by molar-refractivity contribution is 8.00. The summed E-state index contributed by atoms with van der Waals surface area (Å²) in [6.07, 6.45) is 2.84. The van der Waals surface area contributed by atoms with Gasteiger partial charge in [0.25, 0.3) is 0 Å². The van der Waals surface area contributed by atoms with Crippen LogP contribution in [0.1, 0.15) is 29.9 Å². The zero-order valence-electron chi connectivity index (χ0n) is 12.7. The van der Waals surface area contributed by atoms with Crippen LogP contribution in [0.15, 0.2) is 39.8 Å². The van der Waals surface area contributed by atoms with E-state index in [0.29, 0.717) is 11.3 Å². The normalized spacial score (nSPS) is 20.5. The Bertz CT molecular complexity index is 623. The van der Waals surface area contributed by atoms with Gasteiger partial charge in [-0.3, -0.25) is 0 Å². The van der Waals surface area contributed by atoms with Crippen LogP contribution < -0.4 is 10.1 Å². The summed E-state index contributed by atoms with van der Waals surface area (Å²) in [5, 5.41) is 4.12. The number of furan rings is 1. The molecule has 0 saturated carbocycles. The molecule has 1 heterocycles. The van der Waals surface area contributed by atoms with E-state index < -0.39 is 0 Å². The molecule has 1 aliphatic carbocycles. The van der Waals surface area contributed by atoms with Crippen molar-refractivity contribution in [3.8, 4) is 5.75 Å². The summed E-state index contributed by atoms with van der Waals surface area (Å²) in [5.41, 5.74) is 2.79. The number of hydrogen-bond donors (Lipinski definition) is 1. The van der Waals surface area contributed by atoms with Gasteiger partial charge in [0.05, 0.1) is 13.4 Å². The fourth-order valence-corrected chi connectivity index (χ4v) is 4.26. The molecule has 1 N–H and O–H groups in total. The Labute approximate surface area is 130 Å². The van der Waals surface area contributed by atoms with Gasteiger partial charge >= 0.3 is 0 Å². The minimum absolute atomic E-state index is 0.361. The van der Waals surface area contributed by atoms with Crippen molar-refractivity contribution in [2.45, 2.75) is 36.5 Å². The second-order valence-corrected chi connectivity index (χ2v) is 6.58. The van der Waals surface area contributed by atoms with Crippen LogP contribution in [0.2, 0.25) is 0 Å². The summed E-state index contributed by atoms with van der Waals surface area (Å²) in [6, 6.07) is 8.84. The highest BCUT2D eigenvalue weighted by Gasteiger charge is 2.33. The van der Waals surface area contributed by atoms with Gasteiger partial charge in [-0.05, 0) is 49.2 Å². The van der Waals surface area contributed by atoms with Gasteiger partial charge in [-0.15, -0.1) is 11.8 Å². The predicted octanol–water partition coefficient (Wildman–Crippen LogP) is 3.96. The van der Waals surface area contributed by atoms with Crippen molar-refractivity contribution in [1.82, 2.24) is 5.32 Å². The smallest absolute Gasteiger partial charge is 0.119 e. The van der Waals surface area contributed by atoms with Crippen molar-refractivity contribution < 1.29 is 9.15 Å². The van der Waals surface area contributed by atoms with Crippen LogP contribution in [-0.2, 0) is 6.42 Å². The molecule has 0 spiro atoms. The van der Waals surface area contributed by atoms with E-state index in [9.17, 15) is 0 Å². The molecule has 3 nitrogen and oxygen atoms in total. The Hall–Kier alpha value is -1.39. The van der Waals surface area contributed by atoms with Gasteiger partial charge < -0.3 is 14.5 Å². The van der Waals surface area contributed by atoms with Crippen LogP contribution in [0.5, 0.6) is 5.75 Å². The summed E-state index contributed by atoms with van der Waals surface area (Å²) in [7, 11) is 1.72. The maximum absolute atomic E-state index is 5.42. The van der Waals surface area contributed by atoms with Crippen molar-refractivity contribution in [2.75, 3.05) is 13.7 Å². The molecule has 2 atom stereocenters.